The lowest BCUT2D eigenvalue weighted by Crippen LogP contribution is -2.48. The van der Waals surface area contributed by atoms with E-state index in [1.807, 2.05) is 0 Å². The molecule has 0 bridgehead atoms. The maximum Gasteiger partial charge on any atom is 0.372 e. The molecule has 0 aromatic rings. The van der Waals surface area contributed by atoms with Gasteiger partial charge in [0, 0.05) is 32.8 Å². The zero-order valence-corrected chi connectivity index (χ0v) is 27.7. The van der Waals surface area contributed by atoms with Crippen molar-refractivity contribution < 1.29 is 39.2 Å². The maximum absolute atomic E-state index is 11.5. The summed E-state index contributed by atoms with van der Waals surface area (Å²) in [6, 6.07) is 0. The first kappa shape index (κ1) is 42.4. The summed E-state index contributed by atoms with van der Waals surface area (Å²) in [7, 11) is 1.02. The topological polar surface area (TPSA) is 138 Å². The first-order valence-electron chi connectivity index (χ1n) is 16.3. The fourth-order valence-corrected chi connectivity index (χ4v) is 5.04. The number of Topliss-reactive ketones (excluding diaryl/α,β-unsaturated/α-hetero) is 1. The Morgan fingerprint density at radius 3 is 1.63 bits per heavy atom. The van der Waals surface area contributed by atoms with Crippen molar-refractivity contribution in [1.29, 1.82) is 0 Å². The number of nitrogens with zero attached hydrogens (tertiary/aromatic N) is 1. The Morgan fingerprint density at radius 1 is 0.780 bits per heavy atom. The highest BCUT2D eigenvalue weighted by atomic mass is 31.1. The minimum atomic E-state index is -2.47. The van der Waals surface area contributed by atoms with Crippen LogP contribution in [0.25, 0.3) is 0 Å². The van der Waals surface area contributed by atoms with Crippen molar-refractivity contribution in [2.75, 3.05) is 27.2 Å². The molecule has 8 nitrogen and oxygen atoms in total. The highest BCUT2D eigenvalue weighted by Gasteiger charge is 2.33. The van der Waals surface area contributed by atoms with Gasteiger partial charge in [-0.1, -0.05) is 101 Å². The lowest BCUT2D eigenvalue weighted by atomic mass is 10.0. The SMILES string of the molecule is CC([P+](=O)[O-])[N+](C)(C)CCC(O)O.CCCCCCCCC=CCCCCCCCCCCCC(=O)C(O)CCO. The first-order valence-corrected chi connectivity index (χ1v) is 17.5. The van der Waals surface area contributed by atoms with Crippen LogP contribution in [-0.2, 0) is 9.36 Å². The first-order chi connectivity index (χ1) is 19.5. The monoisotopic (exact) mass is 606 g/mol. The summed E-state index contributed by atoms with van der Waals surface area (Å²) < 4.78 is 10.9. The molecule has 4 N–H and O–H groups in total. The van der Waals surface area contributed by atoms with E-state index in [-0.39, 0.29) is 29.7 Å². The second kappa shape index (κ2) is 29.3. The molecule has 0 aromatic carbocycles. The van der Waals surface area contributed by atoms with E-state index in [2.05, 4.69) is 19.1 Å². The number of unbranched alkanes of at least 4 members (excludes halogenated alkanes) is 15. The number of carbonyl (C=O) groups excluding carboxylic acids is 1. The molecule has 0 radical (unpaired) electrons. The molecule has 0 aliphatic heterocycles. The van der Waals surface area contributed by atoms with Crippen LogP contribution >= 0.6 is 8.03 Å². The highest BCUT2D eigenvalue weighted by molar-refractivity contribution is 7.37. The second-order valence-electron chi connectivity index (χ2n) is 11.9. The van der Waals surface area contributed by atoms with Crippen molar-refractivity contribution >= 4 is 13.8 Å². The lowest BCUT2D eigenvalue weighted by Gasteiger charge is -2.30. The summed E-state index contributed by atoms with van der Waals surface area (Å²) in [5.41, 5.74) is 0. The van der Waals surface area contributed by atoms with Gasteiger partial charge in [-0.25, -0.2) is 0 Å². The summed E-state index contributed by atoms with van der Waals surface area (Å²) in [6.07, 6.45) is 25.1. The van der Waals surface area contributed by atoms with E-state index in [1.54, 1.807) is 21.0 Å². The van der Waals surface area contributed by atoms with Gasteiger partial charge in [-0.15, -0.1) is 0 Å². The molecule has 0 aromatic heterocycles. The van der Waals surface area contributed by atoms with E-state index in [0.29, 0.717) is 13.0 Å². The Kier molecular flexibility index (Phi) is 30.4. The van der Waals surface area contributed by atoms with Crippen molar-refractivity contribution in [2.45, 2.75) is 160 Å². The van der Waals surface area contributed by atoms with Gasteiger partial charge in [0.2, 0.25) is 0 Å². The predicted octanol–water partition coefficient (Wildman–Crippen LogP) is 6.11. The quantitative estimate of drug-likeness (QED) is 0.0291. The molecule has 0 saturated carbocycles. The molecule has 244 valence electrons. The highest BCUT2D eigenvalue weighted by Crippen LogP contribution is 2.25. The smallest absolute Gasteiger partial charge is 0.372 e. The molecule has 0 aliphatic rings. The lowest BCUT2D eigenvalue weighted by molar-refractivity contribution is -0.901. The zero-order chi connectivity index (χ0) is 31.4. The van der Waals surface area contributed by atoms with Crippen LogP contribution in [0.2, 0.25) is 0 Å². The van der Waals surface area contributed by atoms with Crippen LogP contribution in [0.1, 0.15) is 142 Å². The number of ketones is 1. The number of aliphatic hydroxyl groups excluding tert-OH is 3. The number of hydrogen-bond acceptors (Lipinski definition) is 7. The van der Waals surface area contributed by atoms with Crippen molar-refractivity contribution in [3.63, 3.8) is 0 Å². The fourth-order valence-electron chi connectivity index (χ4n) is 4.42. The molecule has 9 heteroatoms. The van der Waals surface area contributed by atoms with Crippen molar-refractivity contribution in [3.8, 4) is 0 Å². The average Bonchev–Trinajstić information content (AvgIpc) is 2.93. The second-order valence-corrected chi connectivity index (χ2v) is 13.2. The Hall–Kier alpha value is -0.730. The van der Waals surface area contributed by atoms with Gasteiger partial charge >= 0.3 is 8.03 Å². The van der Waals surface area contributed by atoms with E-state index in [0.717, 1.165) is 12.8 Å². The van der Waals surface area contributed by atoms with Gasteiger partial charge < -0.3 is 25.3 Å². The number of carbonyl (C=O) groups is 1. The molecular formula is C32H65NO7P+. The van der Waals surface area contributed by atoms with Crippen molar-refractivity contribution in [1.82, 2.24) is 0 Å². The van der Waals surface area contributed by atoms with Crippen LogP contribution in [0.5, 0.6) is 0 Å². The molecule has 0 spiro atoms. The molecule has 3 unspecified atom stereocenters. The van der Waals surface area contributed by atoms with Gasteiger partial charge in [0.05, 0.1) is 20.6 Å². The molecule has 0 aliphatic carbocycles. The summed E-state index contributed by atoms with van der Waals surface area (Å²) >= 11 is 0. The van der Waals surface area contributed by atoms with Gasteiger partial charge in [0.1, 0.15) is 6.10 Å². The van der Waals surface area contributed by atoms with Gasteiger partial charge in [-0.05, 0) is 32.1 Å². The molecule has 41 heavy (non-hydrogen) atoms. The van der Waals surface area contributed by atoms with E-state index >= 15 is 0 Å². The maximum atomic E-state index is 11.5. The molecule has 0 fully saturated rings. The Morgan fingerprint density at radius 2 is 1.22 bits per heavy atom. The molecule has 3 atom stereocenters. The van der Waals surface area contributed by atoms with Crippen molar-refractivity contribution in [3.05, 3.63) is 12.2 Å². The molecule has 0 heterocycles. The van der Waals surface area contributed by atoms with E-state index < -0.39 is 26.2 Å². The normalized spacial score (nSPS) is 13.8. The Bertz CT molecular complexity index is 644. The zero-order valence-electron chi connectivity index (χ0n) is 26.9. The molecule has 0 amide bonds. The van der Waals surface area contributed by atoms with Crippen molar-refractivity contribution in [2.24, 2.45) is 0 Å². The van der Waals surface area contributed by atoms with Gasteiger partial charge in [-0.2, -0.15) is 0 Å². The number of rotatable bonds is 27. The molecular weight excluding hydrogens is 541 g/mol. The fraction of sp³-hybridized carbons (Fsp3) is 0.906. The van der Waals surface area contributed by atoms with Gasteiger partial charge in [0.15, 0.2) is 12.1 Å². The average molecular weight is 607 g/mol. The third kappa shape index (κ3) is 29.1. The number of hydrogen-bond donors (Lipinski definition) is 4. The minimum Gasteiger partial charge on any atom is -0.591 e. The minimum absolute atomic E-state index is 0.116. The third-order valence-electron chi connectivity index (χ3n) is 7.74. The Labute approximate surface area is 252 Å². The molecule has 0 saturated heterocycles. The van der Waals surface area contributed by atoms with Gasteiger partial charge in [0.25, 0.3) is 5.78 Å². The van der Waals surface area contributed by atoms with E-state index in [4.69, 9.17) is 15.3 Å². The standard InChI is InChI=1S/C25H48O3.C7H17NO4P/c1-2-3-4-5-6-7-8-9-10-11-12-13-14-15-16-17-18-19-20-21-24(27)25(28)22-23-26;1-6(13(11)12)8(2,3)5-4-7(9)10/h9-10,25-26,28H,2-8,11-23H2,1H3;6-7,9-10H,4-5H2,1-3H3/q;+1. The van der Waals surface area contributed by atoms with E-state index in [9.17, 15) is 19.4 Å². The number of allylic oxidation sites excluding steroid dienone is 2. The predicted molar refractivity (Wildman–Crippen MR) is 168 cm³/mol. The van der Waals surface area contributed by atoms with Gasteiger partial charge in [-0.3, -0.25) is 9.28 Å². The Balaban J connectivity index is 0. The number of aliphatic hydroxyl groups is 4. The van der Waals surface area contributed by atoms with E-state index in [1.165, 1.54) is 96.3 Å². The van der Waals surface area contributed by atoms with Crippen LogP contribution in [0, 0.1) is 0 Å². The summed E-state index contributed by atoms with van der Waals surface area (Å²) in [4.78, 5) is 22.2. The summed E-state index contributed by atoms with van der Waals surface area (Å²) in [5.74, 6) is -0.621. The third-order valence-corrected chi connectivity index (χ3v) is 8.97. The van der Waals surface area contributed by atoms with Crippen LogP contribution < -0.4 is 4.89 Å². The van der Waals surface area contributed by atoms with Crippen LogP contribution in [-0.4, -0.2) is 76.1 Å². The van der Waals surface area contributed by atoms with Crippen LogP contribution in [0.3, 0.4) is 0 Å². The summed E-state index contributed by atoms with van der Waals surface area (Å²) in [5, 5.41) is 35.4. The molecule has 0 rings (SSSR count). The van der Waals surface area contributed by atoms with Crippen LogP contribution in [0.15, 0.2) is 12.2 Å². The van der Waals surface area contributed by atoms with Crippen LogP contribution in [0.4, 0.5) is 0 Å². The summed E-state index contributed by atoms with van der Waals surface area (Å²) in [6.45, 7) is 4.17. The largest absolute Gasteiger partial charge is 0.591 e. The number of quaternary nitrogens is 1.